The van der Waals surface area contributed by atoms with Gasteiger partial charge in [-0.3, -0.25) is 9.59 Å². The number of ketones is 1. The van der Waals surface area contributed by atoms with Crippen molar-refractivity contribution in [1.82, 2.24) is 0 Å². The van der Waals surface area contributed by atoms with Crippen LogP contribution in [0, 0.1) is 17.3 Å². The third kappa shape index (κ3) is 1.70. The third-order valence-electron chi connectivity index (χ3n) is 5.30. The quantitative estimate of drug-likeness (QED) is 0.507. The molecule has 0 spiro atoms. The number of Topliss-reactive ketones (excluding diaryl/α,β-unsaturated/α-hetero) is 1. The Kier molecular flexibility index (Phi) is 2.83. The Morgan fingerprint density at radius 3 is 2.74 bits per heavy atom. The maximum atomic E-state index is 12.1. The van der Waals surface area contributed by atoms with E-state index in [0.717, 1.165) is 24.0 Å². The molecule has 2 aliphatic carbocycles. The van der Waals surface area contributed by atoms with Crippen LogP contribution in [0.15, 0.2) is 11.1 Å². The van der Waals surface area contributed by atoms with Gasteiger partial charge in [0.25, 0.3) is 0 Å². The zero-order valence-electron chi connectivity index (χ0n) is 11.5. The van der Waals surface area contributed by atoms with Gasteiger partial charge in [-0.15, -0.1) is 11.6 Å². The maximum absolute atomic E-state index is 12.1. The molecule has 0 radical (unpaired) electrons. The standard InChI is InChI=1S/C15H19ClO3/c1-7-9-4-5-15(3)6-10(16)12(17)8(2)11(15)13(9)19-14(7)18/h7,9-10,13H,4-6H2,1-3H3. The van der Waals surface area contributed by atoms with Crippen LogP contribution in [0.25, 0.3) is 0 Å². The lowest BCUT2D eigenvalue weighted by molar-refractivity contribution is -0.143. The second kappa shape index (κ2) is 4.08. The lowest BCUT2D eigenvalue weighted by Gasteiger charge is -2.46. The van der Waals surface area contributed by atoms with Crippen LogP contribution in [0.4, 0.5) is 0 Å². The molecule has 0 aromatic heterocycles. The van der Waals surface area contributed by atoms with E-state index in [9.17, 15) is 9.59 Å². The van der Waals surface area contributed by atoms with Crippen molar-refractivity contribution in [3.05, 3.63) is 11.1 Å². The number of carbonyl (C=O) groups is 2. The molecule has 0 aromatic rings. The summed E-state index contributed by atoms with van der Waals surface area (Å²) in [5, 5.41) is -0.431. The molecule has 1 saturated heterocycles. The van der Waals surface area contributed by atoms with Gasteiger partial charge in [0.15, 0.2) is 5.78 Å². The van der Waals surface area contributed by atoms with Crippen LogP contribution in [0.1, 0.15) is 40.0 Å². The molecule has 5 atom stereocenters. The predicted octanol–water partition coefficient (Wildman–Crippen LogP) is 2.86. The van der Waals surface area contributed by atoms with E-state index in [2.05, 4.69) is 6.92 Å². The summed E-state index contributed by atoms with van der Waals surface area (Å²) >= 11 is 6.18. The Morgan fingerprint density at radius 2 is 2.05 bits per heavy atom. The second-order valence-corrected chi connectivity index (χ2v) is 7.01. The number of ether oxygens (including phenoxy) is 1. The minimum atomic E-state index is -0.431. The van der Waals surface area contributed by atoms with Crippen LogP contribution in [0.3, 0.4) is 0 Å². The summed E-state index contributed by atoms with van der Waals surface area (Å²) in [4.78, 5) is 24.0. The number of halogens is 1. The molecule has 5 unspecified atom stereocenters. The molecule has 0 bridgehead atoms. The fourth-order valence-electron chi connectivity index (χ4n) is 4.13. The highest BCUT2D eigenvalue weighted by molar-refractivity contribution is 6.34. The van der Waals surface area contributed by atoms with E-state index in [1.54, 1.807) is 0 Å². The van der Waals surface area contributed by atoms with Crippen molar-refractivity contribution in [3.63, 3.8) is 0 Å². The molecule has 4 heteroatoms. The molecule has 3 rings (SSSR count). The number of hydrogen-bond acceptors (Lipinski definition) is 3. The third-order valence-corrected chi connectivity index (χ3v) is 5.65. The first-order chi connectivity index (χ1) is 8.85. The summed E-state index contributed by atoms with van der Waals surface area (Å²) in [6, 6.07) is 0. The molecule has 1 aliphatic heterocycles. The molecule has 104 valence electrons. The van der Waals surface area contributed by atoms with E-state index < -0.39 is 5.38 Å². The van der Waals surface area contributed by atoms with Crippen LogP contribution in [0.5, 0.6) is 0 Å². The summed E-state index contributed by atoms with van der Waals surface area (Å²) < 4.78 is 5.57. The monoisotopic (exact) mass is 282 g/mol. The van der Waals surface area contributed by atoms with Crippen LogP contribution >= 0.6 is 11.6 Å². The predicted molar refractivity (Wildman–Crippen MR) is 71.8 cm³/mol. The van der Waals surface area contributed by atoms with Gasteiger partial charge in [-0.2, -0.15) is 0 Å². The molecular weight excluding hydrogens is 264 g/mol. The lowest BCUT2D eigenvalue weighted by atomic mass is 9.59. The zero-order valence-corrected chi connectivity index (χ0v) is 12.3. The van der Waals surface area contributed by atoms with Gasteiger partial charge in [-0.1, -0.05) is 13.8 Å². The van der Waals surface area contributed by atoms with Gasteiger partial charge in [-0.25, -0.2) is 0 Å². The molecule has 2 fully saturated rings. The fraction of sp³-hybridized carbons (Fsp3) is 0.733. The van der Waals surface area contributed by atoms with Crippen LogP contribution in [0.2, 0.25) is 0 Å². The summed E-state index contributed by atoms with van der Waals surface area (Å²) in [6.45, 7) is 5.92. The minimum absolute atomic E-state index is 0.00499. The van der Waals surface area contributed by atoms with Gasteiger partial charge >= 0.3 is 5.97 Å². The Morgan fingerprint density at radius 1 is 1.37 bits per heavy atom. The number of alkyl halides is 1. The smallest absolute Gasteiger partial charge is 0.309 e. The number of esters is 1. The highest BCUT2D eigenvalue weighted by Gasteiger charge is 2.55. The van der Waals surface area contributed by atoms with Crippen molar-refractivity contribution in [2.75, 3.05) is 0 Å². The SMILES string of the molecule is CC1=C2C3OC(=O)C(C)C3CCC2(C)CC(Cl)C1=O. The summed E-state index contributed by atoms with van der Waals surface area (Å²) in [5.41, 5.74) is 1.68. The first-order valence-electron chi connectivity index (χ1n) is 6.95. The molecule has 0 amide bonds. The highest BCUT2D eigenvalue weighted by Crippen LogP contribution is 2.55. The number of rotatable bonds is 0. The van der Waals surface area contributed by atoms with Gasteiger partial charge in [0.1, 0.15) is 6.10 Å². The molecule has 0 aromatic carbocycles. The molecule has 19 heavy (non-hydrogen) atoms. The molecule has 0 N–H and O–H groups in total. The summed E-state index contributed by atoms with van der Waals surface area (Å²) in [6.07, 6.45) is 2.42. The first-order valence-corrected chi connectivity index (χ1v) is 7.39. The van der Waals surface area contributed by atoms with E-state index in [4.69, 9.17) is 16.3 Å². The zero-order chi connectivity index (χ0) is 13.9. The van der Waals surface area contributed by atoms with Gasteiger partial charge in [0, 0.05) is 5.92 Å². The first kappa shape index (κ1) is 13.2. The van der Waals surface area contributed by atoms with E-state index >= 15 is 0 Å². The maximum Gasteiger partial charge on any atom is 0.309 e. The van der Waals surface area contributed by atoms with Crippen molar-refractivity contribution in [2.24, 2.45) is 17.3 Å². The lowest BCUT2D eigenvalue weighted by Crippen LogP contribution is -2.45. The van der Waals surface area contributed by atoms with Gasteiger partial charge in [-0.05, 0) is 42.7 Å². The van der Waals surface area contributed by atoms with Crippen molar-refractivity contribution in [2.45, 2.75) is 51.5 Å². The molecular formula is C15H19ClO3. The Labute approximate surface area is 118 Å². The Hall–Kier alpha value is -0.830. The molecule has 3 aliphatic rings. The van der Waals surface area contributed by atoms with Crippen molar-refractivity contribution in [1.29, 1.82) is 0 Å². The van der Waals surface area contributed by atoms with E-state index in [1.807, 2.05) is 13.8 Å². The Bertz CT molecular complexity index is 496. The minimum Gasteiger partial charge on any atom is -0.457 e. The average molecular weight is 283 g/mol. The van der Waals surface area contributed by atoms with Crippen LogP contribution in [-0.2, 0) is 14.3 Å². The number of allylic oxidation sites excluding steroid dienone is 1. The van der Waals surface area contributed by atoms with E-state index in [0.29, 0.717) is 6.42 Å². The van der Waals surface area contributed by atoms with Crippen molar-refractivity contribution >= 4 is 23.4 Å². The van der Waals surface area contributed by atoms with E-state index in [-0.39, 0.29) is 35.1 Å². The average Bonchev–Trinajstić information content (AvgIpc) is 2.61. The molecule has 1 heterocycles. The topological polar surface area (TPSA) is 43.4 Å². The van der Waals surface area contributed by atoms with Gasteiger partial charge in [0.2, 0.25) is 0 Å². The van der Waals surface area contributed by atoms with Crippen molar-refractivity contribution < 1.29 is 14.3 Å². The Balaban J connectivity index is 2.09. The van der Waals surface area contributed by atoms with Gasteiger partial charge in [0.05, 0.1) is 11.3 Å². The highest BCUT2D eigenvalue weighted by atomic mass is 35.5. The number of carbonyl (C=O) groups excluding carboxylic acids is 2. The van der Waals surface area contributed by atoms with Crippen LogP contribution < -0.4 is 0 Å². The molecule has 1 saturated carbocycles. The van der Waals surface area contributed by atoms with E-state index in [1.165, 1.54) is 0 Å². The number of fused-ring (bicyclic) bond motifs is 3. The van der Waals surface area contributed by atoms with Crippen molar-refractivity contribution in [3.8, 4) is 0 Å². The van der Waals surface area contributed by atoms with Crippen LogP contribution in [-0.4, -0.2) is 23.2 Å². The fourth-order valence-corrected chi connectivity index (χ4v) is 4.63. The summed E-state index contributed by atoms with van der Waals surface area (Å²) in [5.74, 6) is 0.0502. The molecule has 3 nitrogen and oxygen atoms in total. The second-order valence-electron chi connectivity index (χ2n) is 6.48. The van der Waals surface area contributed by atoms with Gasteiger partial charge < -0.3 is 4.74 Å². The largest absolute Gasteiger partial charge is 0.457 e. The summed E-state index contributed by atoms with van der Waals surface area (Å²) in [7, 11) is 0. The normalized spacial score (nSPS) is 45.9. The number of hydrogen-bond donors (Lipinski definition) is 0.